The largest absolute Gasteiger partial charge is 0.489 e. The van der Waals surface area contributed by atoms with E-state index < -0.39 is 5.97 Å². The number of benzene rings is 3. The number of rotatable bonds is 5. The third-order valence-electron chi connectivity index (χ3n) is 4.25. The van der Waals surface area contributed by atoms with Gasteiger partial charge in [0.2, 0.25) is 0 Å². The molecule has 0 fully saturated rings. The third kappa shape index (κ3) is 3.05. The summed E-state index contributed by atoms with van der Waals surface area (Å²) < 4.78 is 7.61. The highest BCUT2D eigenvalue weighted by Crippen LogP contribution is 2.28. The zero-order valence-corrected chi connectivity index (χ0v) is 14.0. The van der Waals surface area contributed by atoms with Crippen LogP contribution in [-0.2, 0) is 6.61 Å². The third-order valence-corrected chi connectivity index (χ3v) is 4.25. The summed E-state index contributed by atoms with van der Waals surface area (Å²) in [5.41, 5.74) is 2.96. The Morgan fingerprint density at radius 2 is 1.58 bits per heavy atom. The van der Waals surface area contributed by atoms with Gasteiger partial charge in [0.1, 0.15) is 18.1 Å². The lowest BCUT2D eigenvalue weighted by Gasteiger charge is -2.09. The maximum absolute atomic E-state index is 11.7. The molecule has 1 heterocycles. The van der Waals surface area contributed by atoms with Gasteiger partial charge in [-0.15, -0.1) is 0 Å². The second kappa shape index (κ2) is 6.76. The zero-order chi connectivity index (χ0) is 17.9. The smallest absolute Gasteiger partial charge is 0.352 e. The summed E-state index contributed by atoms with van der Waals surface area (Å²) in [4.78, 5) is 11.7. The molecule has 0 unspecified atom stereocenters. The monoisotopic (exact) mass is 343 g/mol. The normalized spacial score (nSPS) is 10.8. The fourth-order valence-corrected chi connectivity index (χ4v) is 3.04. The van der Waals surface area contributed by atoms with Gasteiger partial charge in [0.25, 0.3) is 0 Å². The molecule has 4 heteroatoms. The van der Waals surface area contributed by atoms with Gasteiger partial charge >= 0.3 is 5.97 Å². The summed E-state index contributed by atoms with van der Waals surface area (Å²) in [5.74, 6) is -0.250. The SMILES string of the molecule is O=C(O)c1cc2cc(OCc3ccccc3)ccc2n1-c1ccccc1. The number of aromatic nitrogens is 1. The van der Waals surface area contributed by atoms with Crippen LogP contribution in [0.1, 0.15) is 16.1 Å². The van der Waals surface area contributed by atoms with Gasteiger partial charge in [-0.2, -0.15) is 0 Å². The first-order chi connectivity index (χ1) is 12.7. The number of hydrogen-bond acceptors (Lipinski definition) is 2. The van der Waals surface area contributed by atoms with Crippen LogP contribution in [-0.4, -0.2) is 15.6 Å². The average Bonchev–Trinajstić information content (AvgIpc) is 3.07. The fourth-order valence-electron chi connectivity index (χ4n) is 3.04. The van der Waals surface area contributed by atoms with Crippen molar-refractivity contribution in [2.45, 2.75) is 6.61 Å². The van der Waals surface area contributed by atoms with Crippen LogP contribution in [0.15, 0.2) is 84.9 Å². The van der Waals surface area contributed by atoms with Crippen molar-refractivity contribution in [2.75, 3.05) is 0 Å². The number of para-hydroxylation sites is 1. The molecule has 0 aliphatic heterocycles. The Labute approximate surface area is 150 Å². The van der Waals surface area contributed by atoms with Crippen molar-refractivity contribution in [1.82, 2.24) is 4.57 Å². The second-order valence-corrected chi connectivity index (χ2v) is 6.00. The number of carbonyl (C=O) groups is 1. The molecule has 4 nitrogen and oxygen atoms in total. The molecule has 0 amide bonds. The molecule has 0 saturated carbocycles. The number of ether oxygens (including phenoxy) is 1. The molecule has 0 aliphatic rings. The molecule has 0 bridgehead atoms. The second-order valence-electron chi connectivity index (χ2n) is 6.00. The molecule has 4 rings (SSSR count). The molecule has 1 N–H and O–H groups in total. The Balaban J connectivity index is 1.72. The van der Waals surface area contributed by atoms with Crippen LogP contribution < -0.4 is 4.74 Å². The number of fused-ring (bicyclic) bond motifs is 1. The lowest BCUT2D eigenvalue weighted by atomic mass is 10.2. The van der Waals surface area contributed by atoms with Crippen LogP contribution in [0, 0.1) is 0 Å². The summed E-state index contributed by atoms with van der Waals surface area (Å²) >= 11 is 0. The van der Waals surface area contributed by atoms with Crippen molar-refractivity contribution >= 4 is 16.9 Å². The Hall–Kier alpha value is -3.53. The molecule has 26 heavy (non-hydrogen) atoms. The van der Waals surface area contributed by atoms with Crippen molar-refractivity contribution < 1.29 is 14.6 Å². The van der Waals surface area contributed by atoms with Crippen LogP contribution in [0.3, 0.4) is 0 Å². The van der Waals surface area contributed by atoms with Crippen LogP contribution in [0.4, 0.5) is 0 Å². The van der Waals surface area contributed by atoms with Gasteiger partial charge in [-0.1, -0.05) is 48.5 Å². The first-order valence-electron chi connectivity index (χ1n) is 8.33. The van der Waals surface area contributed by atoms with Gasteiger partial charge < -0.3 is 14.4 Å². The van der Waals surface area contributed by atoms with Crippen molar-refractivity contribution in [3.63, 3.8) is 0 Å². The highest BCUT2D eigenvalue weighted by molar-refractivity contribution is 5.96. The molecular weight excluding hydrogens is 326 g/mol. The van der Waals surface area contributed by atoms with Gasteiger partial charge in [-0.3, -0.25) is 0 Å². The number of carboxylic acids is 1. The molecule has 0 radical (unpaired) electrons. The van der Waals surface area contributed by atoms with Crippen molar-refractivity contribution in [2.24, 2.45) is 0 Å². The maximum Gasteiger partial charge on any atom is 0.352 e. The van der Waals surface area contributed by atoms with Crippen molar-refractivity contribution in [1.29, 1.82) is 0 Å². The minimum atomic E-state index is -0.961. The molecule has 0 saturated heterocycles. The Kier molecular flexibility index (Phi) is 4.15. The number of carboxylic acid groups (broad SMARTS) is 1. The molecule has 0 spiro atoms. The lowest BCUT2D eigenvalue weighted by Crippen LogP contribution is -2.06. The van der Waals surface area contributed by atoms with Gasteiger partial charge in [0, 0.05) is 11.1 Å². The highest BCUT2D eigenvalue weighted by atomic mass is 16.5. The summed E-state index contributed by atoms with van der Waals surface area (Å²) in [7, 11) is 0. The highest BCUT2D eigenvalue weighted by Gasteiger charge is 2.16. The Bertz CT molecular complexity index is 1050. The van der Waals surface area contributed by atoms with Crippen molar-refractivity contribution in [3.05, 3.63) is 96.2 Å². The van der Waals surface area contributed by atoms with E-state index in [1.807, 2.05) is 78.9 Å². The number of nitrogens with zero attached hydrogens (tertiary/aromatic N) is 1. The lowest BCUT2D eigenvalue weighted by molar-refractivity contribution is 0.0688. The molecule has 4 aromatic rings. The van der Waals surface area contributed by atoms with Crippen LogP contribution in [0.2, 0.25) is 0 Å². The van der Waals surface area contributed by atoms with E-state index >= 15 is 0 Å². The zero-order valence-electron chi connectivity index (χ0n) is 14.0. The minimum Gasteiger partial charge on any atom is -0.489 e. The number of aromatic carboxylic acids is 1. The van der Waals surface area contributed by atoms with E-state index in [9.17, 15) is 9.90 Å². The summed E-state index contributed by atoms with van der Waals surface area (Å²) in [6, 6.07) is 26.7. The van der Waals surface area contributed by atoms with E-state index in [1.54, 1.807) is 10.6 Å². The van der Waals surface area contributed by atoms with E-state index in [4.69, 9.17) is 4.74 Å². The fraction of sp³-hybridized carbons (Fsp3) is 0.0455. The Morgan fingerprint density at radius 1 is 0.885 bits per heavy atom. The number of hydrogen-bond donors (Lipinski definition) is 1. The molecule has 0 atom stereocenters. The predicted octanol–water partition coefficient (Wildman–Crippen LogP) is 4.91. The molecule has 128 valence electrons. The van der Waals surface area contributed by atoms with Crippen LogP contribution in [0.5, 0.6) is 5.75 Å². The van der Waals surface area contributed by atoms with Gasteiger partial charge in [-0.05, 0) is 42.0 Å². The Morgan fingerprint density at radius 3 is 2.27 bits per heavy atom. The van der Waals surface area contributed by atoms with Crippen LogP contribution in [0.25, 0.3) is 16.6 Å². The molecular formula is C22H17NO3. The summed E-state index contributed by atoms with van der Waals surface area (Å²) in [5, 5.41) is 10.4. The molecule has 3 aromatic carbocycles. The van der Waals surface area contributed by atoms with Gasteiger partial charge in [-0.25, -0.2) is 4.79 Å². The average molecular weight is 343 g/mol. The predicted molar refractivity (Wildman–Crippen MR) is 101 cm³/mol. The van der Waals surface area contributed by atoms with Crippen molar-refractivity contribution in [3.8, 4) is 11.4 Å². The van der Waals surface area contributed by atoms with E-state index in [0.717, 1.165) is 22.2 Å². The quantitative estimate of drug-likeness (QED) is 0.560. The van der Waals surface area contributed by atoms with Crippen LogP contribution >= 0.6 is 0 Å². The van der Waals surface area contributed by atoms with Gasteiger partial charge in [0.05, 0.1) is 5.52 Å². The van der Waals surface area contributed by atoms with E-state index in [-0.39, 0.29) is 5.69 Å². The van der Waals surface area contributed by atoms with E-state index in [0.29, 0.717) is 12.4 Å². The van der Waals surface area contributed by atoms with E-state index in [2.05, 4.69) is 0 Å². The molecule has 0 aliphatic carbocycles. The molecule has 1 aromatic heterocycles. The topological polar surface area (TPSA) is 51.5 Å². The maximum atomic E-state index is 11.7. The summed E-state index contributed by atoms with van der Waals surface area (Å²) in [6.45, 7) is 0.470. The summed E-state index contributed by atoms with van der Waals surface area (Å²) in [6.07, 6.45) is 0. The van der Waals surface area contributed by atoms with E-state index in [1.165, 1.54) is 0 Å². The van der Waals surface area contributed by atoms with Gasteiger partial charge in [0.15, 0.2) is 0 Å². The standard InChI is InChI=1S/C22H17NO3/c24-22(25)21-14-17-13-19(26-15-16-7-3-1-4-8-16)11-12-20(17)23(21)18-9-5-2-6-10-18/h1-14H,15H2,(H,24,25). The first kappa shape index (κ1) is 16.0. The first-order valence-corrected chi connectivity index (χ1v) is 8.33. The minimum absolute atomic E-state index is 0.228.